The Morgan fingerprint density at radius 2 is 0.722 bits per heavy atom. The van der Waals surface area contributed by atoms with Gasteiger partial charge in [0.1, 0.15) is 0 Å². The maximum atomic E-state index is 4.38. The quantitative estimate of drug-likeness (QED) is 0.343. The topological polar surface area (TPSA) is 64.5 Å². The second-order valence-corrected chi connectivity index (χ2v) is 10.3. The summed E-state index contributed by atoms with van der Waals surface area (Å²) in [7, 11) is 0. The molecule has 198 valence electrons. The Kier molecular flexibility index (Phi) is 11.7. The predicted molar refractivity (Wildman–Crippen MR) is 148 cm³/mol. The summed E-state index contributed by atoms with van der Waals surface area (Å²) in [6.07, 6.45) is 21.2. The van der Waals surface area contributed by atoms with Crippen LogP contribution in [0.2, 0.25) is 0 Å². The van der Waals surface area contributed by atoms with Gasteiger partial charge in [0.2, 0.25) is 11.9 Å². The van der Waals surface area contributed by atoms with Crippen molar-refractivity contribution in [2.75, 3.05) is 75.2 Å². The summed E-state index contributed by atoms with van der Waals surface area (Å²) in [4.78, 5) is 27.3. The van der Waals surface area contributed by atoms with E-state index < -0.39 is 0 Å². The van der Waals surface area contributed by atoms with Crippen molar-refractivity contribution in [3.63, 3.8) is 0 Å². The number of unbranched alkanes of at least 4 members (excludes halogenated alkanes) is 9. The summed E-state index contributed by atoms with van der Waals surface area (Å²) in [6.45, 7) is 11.2. The molecule has 0 aromatic carbocycles. The average molecular weight is 495 g/mol. The lowest BCUT2D eigenvalue weighted by Crippen LogP contribution is -2.47. The predicted octanol–water partition coefficient (Wildman–Crippen LogP) is 4.11. The van der Waals surface area contributed by atoms with Crippen LogP contribution in [-0.4, -0.2) is 95.2 Å². The molecule has 8 nitrogen and oxygen atoms in total. The van der Waals surface area contributed by atoms with Crippen molar-refractivity contribution in [3.05, 3.63) is 36.9 Å². The molecular formula is C28H46N8. The van der Waals surface area contributed by atoms with Gasteiger partial charge in [-0.05, 0) is 38.1 Å². The number of anilines is 2. The Morgan fingerprint density at radius 1 is 0.417 bits per heavy atom. The third-order valence-electron chi connectivity index (χ3n) is 7.61. The van der Waals surface area contributed by atoms with E-state index in [0.29, 0.717) is 0 Å². The minimum atomic E-state index is 0.880. The third-order valence-corrected chi connectivity index (χ3v) is 7.61. The fraction of sp³-hybridized carbons (Fsp3) is 0.714. The summed E-state index contributed by atoms with van der Waals surface area (Å²) in [5.74, 6) is 1.76. The lowest BCUT2D eigenvalue weighted by atomic mass is 10.1. The van der Waals surface area contributed by atoms with E-state index >= 15 is 0 Å². The van der Waals surface area contributed by atoms with Crippen LogP contribution in [0.1, 0.15) is 64.2 Å². The van der Waals surface area contributed by atoms with E-state index in [9.17, 15) is 0 Å². The van der Waals surface area contributed by atoms with Crippen molar-refractivity contribution in [2.24, 2.45) is 0 Å². The van der Waals surface area contributed by atoms with E-state index in [4.69, 9.17) is 0 Å². The molecule has 2 aliphatic rings. The summed E-state index contributed by atoms with van der Waals surface area (Å²) < 4.78 is 0. The molecule has 0 bridgehead atoms. The van der Waals surface area contributed by atoms with Crippen LogP contribution in [0.25, 0.3) is 0 Å². The van der Waals surface area contributed by atoms with Gasteiger partial charge in [-0.2, -0.15) is 0 Å². The molecule has 0 unspecified atom stereocenters. The molecule has 0 atom stereocenters. The van der Waals surface area contributed by atoms with Crippen LogP contribution in [0.5, 0.6) is 0 Å². The molecular weight excluding hydrogens is 448 g/mol. The number of aromatic nitrogens is 4. The van der Waals surface area contributed by atoms with E-state index in [2.05, 4.69) is 39.5 Å². The number of rotatable bonds is 15. The molecule has 0 radical (unpaired) electrons. The maximum Gasteiger partial charge on any atom is 0.225 e. The smallest absolute Gasteiger partial charge is 0.225 e. The highest BCUT2D eigenvalue weighted by molar-refractivity contribution is 5.29. The highest BCUT2D eigenvalue weighted by Crippen LogP contribution is 2.14. The lowest BCUT2D eigenvalue weighted by Gasteiger charge is -2.34. The van der Waals surface area contributed by atoms with Gasteiger partial charge < -0.3 is 9.80 Å². The molecule has 36 heavy (non-hydrogen) atoms. The van der Waals surface area contributed by atoms with Gasteiger partial charge >= 0.3 is 0 Å². The van der Waals surface area contributed by atoms with E-state index in [1.54, 1.807) is 0 Å². The van der Waals surface area contributed by atoms with Crippen molar-refractivity contribution in [1.29, 1.82) is 0 Å². The highest BCUT2D eigenvalue weighted by atomic mass is 15.3. The zero-order valence-corrected chi connectivity index (χ0v) is 22.2. The van der Waals surface area contributed by atoms with Gasteiger partial charge in [0.05, 0.1) is 0 Å². The first-order valence-corrected chi connectivity index (χ1v) is 14.4. The van der Waals surface area contributed by atoms with Crippen LogP contribution in [0, 0.1) is 0 Å². The van der Waals surface area contributed by atoms with Gasteiger partial charge in [-0.3, -0.25) is 9.80 Å². The van der Waals surface area contributed by atoms with E-state index in [1.165, 1.54) is 77.3 Å². The molecule has 8 heteroatoms. The Bertz CT molecular complexity index is 735. The molecule has 2 aromatic heterocycles. The van der Waals surface area contributed by atoms with Crippen molar-refractivity contribution < 1.29 is 0 Å². The normalized spacial score (nSPS) is 17.6. The van der Waals surface area contributed by atoms with E-state index in [-0.39, 0.29) is 0 Å². The van der Waals surface area contributed by atoms with Crippen LogP contribution < -0.4 is 9.80 Å². The molecule has 0 aliphatic carbocycles. The minimum Gasteiger partial charge on any atom is -0.338 e. The van der Waals surface area contributed by atoms with Crippen LogP contribution in [0.4, 0.5) is 11.9 Å². The first kappa shape index (κ1) is 26.7. The average Bonchev–Trinajstić information content (AvgIpc) is 2.95. The second kappa shape index (κ2) is 15.7. The largest absolute Gasteiger partial charge is 0.338 e. The Labute approximate surface area is 218 Å². The first-order valence-electron chi connectivity index (χ1n) is 14.4. The van der Waals surface area contributed by atoms with Crippen LogP contribution >= 0.6 is 0 Å². The molecule has 2 fully saturated rings. The number of hydrogen-bond donors (Lipinski definition) is 0. The van der Waals surface area contributed by atoms with Gasteiger partial charge in [0, 0.05) is 77.1 Å². The van der Waals surface area contributed by atoms with E-state index in [0.717, 1.165) is 64.3 Å². The standard InChI is InChI=1S/C28H46N8/c1(3-5-7-9-17-33-19-23-35(24-20-33)27-29-13-11-14-30-27)2-4-6-8-10-18-34-21-25-36(26-22-34)28-31-15-12-16-32-28/h11-16H,1-10,17-26H2. The van der Waals surface area contributed by atoms with Gasteiger partial charge in [0.25, 0.3) is 0 Å². The van der Waals surface area contributed by atoms with Crippen LogP contribution in [0.3, 0.4) is 0 Å². The molecule has 0 amide bonds. The zero-order chi connectivity index (χ0) is 24.7. The summed E-state index contributed by atoms with van der Waals surface area (Å²) in [6, 6.07) is 3.77. The zero-order valence-electron chi connectivity index (χ0n) is 22.2. The van der Waals surface area contributed by atoms with Gasteiger partial charge in [-0.15, -0.1) is 0 Å². The molecule has 2 aromatic rings. The lowest BCUT2D eigenvalue weighted by molar-refractivity contribution is 0.250. The van der Waals surface area contributed by atoms with Gasteiger partial charge in [-0.25, -0.2) is 19.9 Å². The Balaban J connectivity index is 0.899. The fourth-order valence-corrected chi connectivity index (χ4v) is 5.34. The minimum absolute atomic E-state index is 0.880. The maximum absolute atomic E-state index is 4.38. The van der Waals surface area contributed by atoms with Crippen molar-refractivity contribution in [3.8, 4) is 0 Å². The highest BCUT2D eigenvalue weighted by Gasteiger charge is 2.19. The monoisotopic (exact) mass is 494 g/mol. The van der Waals surface area contributed by atoms with Gasteiger partial charge in [0.15, 0.2) is 0 Å². The number of nitrogens with zero attached hydrogens (tertiary/aromatic N) is 8. The molecule has 0 saturated carbocycles. The Morgan fingerprint density at radius 3 is 1.06 bits per heavy atom. The summed E-state index contributed by atoms with van der Waals surface area (Å²) in [5, 5.41) is 0. The van der Waals surface area contributed by atoms with Crippen molar-refractivity contribution >= 4 is 11.9 Å². The molecule has 0 spiro atoms. The van der Waals surface area contributed by atoms with Crippen molar-refractivity contribution in [1.82, 2.24) is 29.7 Å². The number of hydrogen-bond acceptors (Lipinski definition) is 8. The SMILES string of the molecule is c1cnc(N2CCN(CCCCCCCCCCCCN3CCN(c4ncccn4)CC3)CC2)nc1. The number of piperazine rings is 2. The fourth-order valence-electron chi connectivity index (χ4n) is 5.34. The molecule has 4 heterocycles. The van der Waals surface area contributed by atoms with Crippen LogP contribution in [-0.2, 0) is 0 Å². The summed E-state index contributed by atoms with van der Waals surface area (Å²) in [5.41, 5.74) is 0. The Hall–Kier alpha value is -2.32. The van der Waals surface area contributed by atoms with Crippen LogP contribution in [0.15, 0.2) is 36.9 Å². The third kappa shape index (κ3) is 9.28. The first-order chi connectivity index (χ1) is 17.9. The molecule has 4 rings (SSSR count). The molecule has 2 saturated heterocycles. The van der Waals surface area contributed by atoms with Gasteiger partial charge in [-0.1, -0.05) is 51.4 Å². The second-order valence-electron chi connectivity index (χ2n) is 10.3. The summed E-state index contributed by atoms with van der Waals surface area (Å²) >= 11 is 0. The van der Waals surface area contributed by atoms with Crippen molar-refractivity contribution in [2.45, 2.75) is 64.2 Å². The molecule has 0 N–H and O–H groups in total. The van der Waals surface area contributed by atoms with E-state index in [1.807, 2.05) is 36.9 Å². The molecule has 2 aliphatic heterocycles.